The number of pyridine rings is 1. The van der Waals surface area contributed by atoms with Crippen molar-refractivity contribution in [3.63, 3.8) is 0 Å². The standard InChI is InChI=1S/C19H17N3O3S/c1-12-6-3-4-9-15(12)21-17(23)11-22-18(24)16(26-19(22)25)10-14-8-5-7-13(2)20-14/h3-10H,11H2,1-2H3,(H,21,23)/b16-10+. The van der Waals surface area contributed by atoms with Gasteiger partial charge in [-0.15, -0.1) is 0 Å². The molecule has 0 radical (unpaired) electrons. The highest BCUT2D eigenvalue weighted by Gasteiger charge is 2.36. The smallest absolute Gasteiger partial charge is 0.294 e. The molecule has 1 aromatic carbocycles. The maximum atomic E-state index is 12.5. The SMILES string of the molecule is Cc1cccc(/C=C2/SC(=O)N(CC(=O)Nc3ccccc3C)C2=O)n1. The minimum Gasteiger partial charge on any atom is -0.324 e. The largest absolute Gasteiger partial charge is 0.324 e. The van der Waals surface area contributed by atoms with Crippen molar-refractivity contribution in [3.8, 4) is 0 Å². The number of benzene rings is 1. The van der Waals surface area contributed by atoms with Crippen molar-refractivity contribution in [2.45, 2.75) is 13.8 Å². The highest BCUT2D eigenvalue weighted by Crippen LogP contribution is 2.31. The highest BCUT2D eigenvalue weighted by molar-refractivity contribution is 8.18. The number of para-hydroxylation sites is 1. The van der Waals surface area contributed by atoms with E-state index in [1.54, 1.807) is 24.3 Å². The summed E-state index contributed by atoms with van der Waals surface area (Å²) in [5.74, 6) is -0.903. The Labute approximate surface area is 155 Å². The first kappa shape index (κ1) is 17.9. The highest BCUT2D eigenvalue weighted by atomic mass is 32.2. The first-order valence-corrected chi connectivity index (χ1v) is 8.80. The van der Waals surface area contributed by atoms with Crippen molar-refractivity contribution in [2.75, 3.05) is 11.9 Å². The maximum Gasteiger partial charge on any atom is 0.294 e. The second kappa shape index (κ2) is 7.53. The van der Waals surface area contributed by atoms with Gasteiger partial charge in [-0.25, -0.2) is 0 Å². The zero-order chi connectivity index (χ0) is 18.7. The lowest BCUT2D eigenvalue weighted by Gasteiger charge is -2.13. The molecule has 1 aliphatic heterocycles. The maximum absolute atomic E-state index is 12.5. The number of hydrogen-bond donors (Lipinski definition) is 1. The minimum atomic E-state index is -0.483. The zero-order valence-corrected chi connectivity index (χ0v) is 15.2. The molecule has 0 bridgehead atoms. The first-order chi connectivity index (χ1) is 12.4. The molecular weight excluding hydrogens is 350 g/mol. The van der Waals surface area contributed by atoms with Crippen LogP contribution in [0.15, 0.2) is 47.4 Å². The van der Waals surface area contributed by atoms with Crippen LogP contribution in [0.5, 0.6) is 0 Å². The molecule has 0 spiro atoms. The third-order valence-electron chi connectivity index (χ3n) is 3.78. The molecule has 0 saturated carbocycles. The van der Waals surface area contributed by atoms with Gasteiger partial charge >= 0.3 is 0 Å². The molecule has 26 heavy (non-hydrogen) atoms. The molecule has 1 N–H and O–H groups in total. The fraction of sp³-hybridized carbons (Fsp3) is 0.158. The number of nitrogens with zero attached hydrogens (tertiary/aromatic N) is 2. The molecule has 1 aromatic heterocycles. The number of thioether (sulfide) groups is 1. The van der Waals surface area contributed by atoms with Gasteiger partial charge in [0, 0.05) is 11.4 Å². The van der Waals surface area contributed by atoms with Gasteiger partial charge in [0.05, 0.1) is 10.6 Å². The van der Waals surface area contributed by atoms with E-state index in [1.807, 2.05) is 38.1 Å². The fourth-order valence-corrected chi connectivity index (χ4v) is 3.28. The van der Waals surface area contributed by atoms with Crippen LogP contribution in [0.2, 0.25) is 0 Å². The quantitative estimate of drug-likeness (QED) is 0.838. The number of nitrogens with one attached hydrogen (secondary N) is 1. The van der Waals surface area contributed by atoms with Gasteiger partial charge in [-0.05, 0) is 55.4 Å². The average molecular weight is 367 g/mol. The Hall–Kier alpha value is -2.93. The lowest BCUT2D eigenvalue weighted by Crippen LogP contribution is -2.36. The summed E-state index contributed by atoms with van der Waals surface area (Å²) in [4.78, 5) is 42.3. The molecule has 7 heteroatoms. The van der Waals surface area contributed by atoms with Crippen molar-refractivity contribution in [3.05, 3.63) is 64.3 Å². The van der Waals surface area contributed by atoms with Crippen LogP contribution in [0.1, 0.15) is 17.0 Å². The van der Waals surface area contributed by atoms with E-state index in [2.05, 4.69) is 10.3 Å². The van der Waals surface area contributed by atoms with E-state index in [4.69, 9.17) is 0 Å². The summed E-state index contributed by atoms with van der Waals surface area (Å²) in [5, 5.41) is 2.26. The van der Waals surface area contributed by atoms with Crippen molar-refractivity contribution in [2.24, 2.45) is 0 Å². The van der Waals surface area contributed by atoms with Crippen molar-refractivity contribution < 1.29 is 14.4 Å². The van der Waals surface area contributed by atoms with Gasteiger partial charge in [0.2, 0.25) is 5.91 Å². The molecule has 0 aliphatic carbocycles. The van der Waals surface area contributed by atoms with E-state index in [1.165, 1.54) is 0 Å². The Morgan fingerprint density at radius 2 is 1.92 bits per heavy atom. The summed E-state index contributed by atoms with van der Waals surface area (Å²) >= 11 is 0.812. The van der Waals surface area contributed by atoms with Crippen LogP contribution in [0.25, 0.3) is 6.08 Å². The molecule has 2 heterocycles. The topological polar surface area (TPSA) is 79.4 Å². The molecule has 1 saturated heterocycles. The Balaban J connectivity index is 1.71. The number of aryl methyl sites for hydroxylation is 2. The average Bonchev–Trinajstić information content (AvgIpc) is 2.84. The number of hydrogen-bond acceptors (Lipinski definition) is 5. The van der Waals surface area contributed by atoms with Crippen LogP contribution in [0, 0.1) is 13.8 Å². The summed E-state index contributed by atoms with van der Waals surface area (Å²) in [6.45, 7) is 3.39. The van der Waals surface area contributed by atoms with E-state index < -0.39 is 17.1 Å². The molecule has 0 unspecified atom stereocenters. The number of amides is 3. The molecular formula is C19H17N3O3S. The number of aromatic nitrogens is 1. The lowest BCUT2D eigenvalue weighted by atomic mass is 10.2. The molecule has 3 rings (SSSR count). The zero-order valence-electron chi connectivity index (χ0n) is 14.4. The summed E-state index contributed by atoms with van der Waals surface area (Å²) < 4.78 is 0. The van der Waals surface area contributed by atoms with Crippen LogP contribution in [0.4, 0.5) is 10.5 Å². The van der Waals surface area contributed by atoms with Gasteiger partial charge in [0.15, 0.2) is 0 Å². The Kier molecular flexibility index (Phi) is 5.18. The van der Waals surface area contributed by atoms with Gasteiger partial charge in [0.1, 0.15) is 6.54 Å². The van der Waals surface area contributed by atoms with Gasteiger partial charge in [0.25, 0.3) is 11.1 Å². The van der Waals surface area contributed by atoms with E-state index in [0.717, 1.165) is 27.9 Å². The van der Waals surface area contributed by atoms with Crippen LogP contribution in [-0.4, -0.2) is 33.5 Å². The normalized spacial score (nSPS) is 15.6. The van der Waals surface area contributed by atoms with Crippen molar-refractivity contribution >= 4 is 40.6 Å². The van der Waals surface area contributed by atoms with Crippen LogP contribution in [0.3, 0.4) is 0 Å². The summed E-state index contributed by atoms with van der Waals surface area (Å²) in [6, 6.07) is 12.7. The minimum absolute atomic E-state index is 0.261. The van der Waals surface area contributed by atoms with Crippen molar-refractivity contribution in [1.29, 1.82) is 0 Å². The van der Waals surface area contributed by atoms with Gasteiger partial charge in [-0.1, -0.05) is 24.3 Å². The molecule has 6 nitrogen and oxygen atoms in total. The van der Waals surface area contributed by atoms with Gasteiger partial charge in [-0.3, -0.25) is 24.3 Å². The summed E-state index contributed by atoms with van der Waals surface area (Å²) in [7, 11) is 0. The van der Waals surface area contributed by atoms with E-state index in [-0.39, 0.29) is 11.4 Å². The van der Waals surface area contributed by atoms with Crippen LogP contribution >= 0.6 is 11.8 Å². The number of carbonyl (C=O) groups excluding carboxylic acids is 3. The second-order valence-electron chi connectivity index (χ2n) is 5.83. The first-order valence-electron chi connectivity index (χ1n) is 7.98. The van der Waals surface area contributed by atoms with Crippen LogP contribution < -0.4 is 5.32 Å². The number of rotatable bonds is 4. The molecule has 1 fully saturated rings. The predicted molar refractivity (Wildman–Crippen MR) is 101 cm³/mol. The van der Waals surface area contributed by atoms with E-state index >= 15 is 0 Å². The monoisotopic (exact) mass is 367 g/mol. The fourth-order valence-electron chi connectivity index (χ4n) is 2.46. The number of carbonyl (C=O) groups is 3. The third kappa shape index (κ3) is 4.00. The van der Waals surface area contributed by atoms with E-state index in [0.29, 0.717) is 11.4 Å². The molecule has 0 atom stereocenters. The Bertz CT molecular complexity index is 924. The van der Waals surface area contributed by atoms with Crippen molar-refractivity contribution in [1.82, 2.24) is 9.88 Å². The van der Waals surface area contributed by atoms with Gasteiger partial charge < -0.3 is 5.32 Å². The summed E-state index contributed by atoms with van der Waals surface area (Å²) in [5.41, 5.74) is 2.97. The number of imide groups is 1. The van der Waals surface area contributed by atoms with Gasteiger partial charge in [-0.2, -0.15) is 0 Å². The predicted octanol–water partition coefficient (Wildman–Crippen LogP) is 3.37. The number of anilines is 1. The summed E-state index contributed by atoms with van der Waals surface area (Å²) in [6.07, 6.45) is 1.57. The second-order valence-corrected chi connectivity index (χ2v) is 6.83. The molecule has 1 aliphatic rings. The Morgan fingerprint density at radius 1 is 1.15 bits per heavy atom. The van der Waals surface area contributed by atoms with Crippen LogP contribution in [-0.2, 0) is 9.59 Å². The lowest BCUT2D eigenvalue weighted by molar-refractivity contribution is -0.127. The third-order valence-corrected chi connectivity index (χ3v) is 4.69. The molecule has 132 valence electrons. The molecule has 2 aromatic rings. The Morgan fingerprint density at radius 3 is 2.65 bits per heavy atom. The van der Waals surface area contributed by atoms with E-state index in [9.17, 15) is 14.4 Å². The molecule has 3 amide bonds.